The Balaban J connectivity index is 2.75. The van der Waals surface area contributed by atoms with Crippen molar-refractivity contribution in [3.8, 4) is 0 Å². The first-order valence-corrected chi connectivity index (χ1v) is 3.41. The molecule has 1 rings (SSSR count). The van der Waals surface area contributed by atoms with Crippen LogP contribution < -0.4 is 0 Å². The van der Waals surface area contributed by atoms with Gasteiger partial charge >= 0.3 is 0 Å². The molecule has 0 bridgehead atoms. The Labute approximate surface area is 61.3 Å². The fourth-order valence-electron chi connectivity index (χ4n) is 0.834. The molecular weight excluding hydrogens is 124 g/mol. The van der Waals surface area contributed by atoms with Crippen LogP contribution in [0.4, 0.5) is 0 Å². The third kappa shape index (κ3) is 1.58. The molecule has 0 saturated carbocycles. The number of benzene rings is 1. The maximum atomic E-state index is 8.78. The lowest BCUT2D eigenvalue weighted by molar-refractivity contribution is 0.273. The molecule has 0 fully saturated rings. The Kier molecular flexibility index (Phi) is 2.46. The van der Waals surface area contributed by atoms with E-state index in [9.17, 15) is 0 Å². The molecule has 1 nitrogen and oxygen atoms in total. The summed E-state index contributed by atoms with van der Waals surface area (Å²) in [6.07, 6.45) is 0. The van der Waals surface area contributed by atoms with Crippen molar-refractivity contribution in [3.05, 3.63) is 35.9 Å². The van der Waals surface area contributed by atoms with E-state index in [0.29, 0.717) is 0 Å². The van der Waals surface area contributed by atoms with Crippen LogP contribution in [-0.2, 0) is 0 Å². The highest BCUT2D eigenvalue weighted by atomic mass is 16.3. The summed E-state index contributed by atoms with van der Waals surface area (Å²) in [5.41, 5.74) is 1.17. The van der Waals surface area contributed by atoms with Gasteiger partial charge in [-0.1, -0.05) is 31.2 Å². The lowest BCUT2D eigenvalue weighted by Gasteiger charge is -2.05. The molecule has 1 aromatic rings. The summed E-state index contributed by atoms with van der Waals surface area (Å²) in [5, 5.41) is 8.78. The van der Waals surface area contributed by atoms with E-state index in [2.05, 4.69) is 6.07 Å². The largest absolute Gasteiger partial charge is 0.396 e. The normalized spacial score (nSPS) is 13.0. The van der Waals surface area contributed by atoms with Crippen LogP contribution in [0.5, 0.6) is 0 Å². The highest BCUT2D eigenvalue weighted by Crippen LogP contribution is 2.12. The minimum Gasteiger partial charge on any atom is -0.396 e. The van der Waals surface area contributed by atoms with Crippen LogP contribution in [-0.4, -0.2) is 11.7 Å². The first kappa shape index (κ1) is 7.29. The van der Waals surface area contributed by atoms with Gasteiger partial charge in [0, 0.05) is 12.5 Å². The highest BCUT2D eigenvalue weighted by Gasteiger charge is 2.00. The van der Waals surface area contributed by atoms with Gasteiger partial charge in [-0.05, 0) is 11.6 Å². The average molecular weight is 135 g/mol. The van der Waals surface area contributed by atoms with E-state index in [1.807, 2.05) is 31.2 Å². The van der Waals surface area contributed by atoms with Crippen LogP contribution in [0.1, 0.15) is 18.4 Å². The molecule has 0 saturated heterocycles. The van der Waals surface area contributed by atoms with E-state index in [1.165, 1.54) is 5.56 Å². The van der Waals surface area contributed by atoms with E-state index >= 15 is 0 Å². The van der Waals surface area contributed by atoms with Gasteiger partial charge in [0.1, 0.15) is 0 Å². The van der Waals surface area contributed by atoms with Gasteiger partial charge < -0.3 is 5.11 Å². The fourth-order valence-corrected chi connectivity index (χ4v) is 0.834. The van der Waals surface area contributed by atoms with Crippen molar-refractivity contribution in [2.24, 2.45) is 0 Å². The molecule has 1 heteroatoms. The van der Waals surface area contributed by atoms with Crippen molar-refractivity contribution in [1.82, 2.24) is 0 Å². The number of aliphatic hydroxyl groups excluding tert-OH is 1. The first-order chi connectivity index (χ1) is 4.84. The van der Waals surface area contributed by atoms with E-state index in [1.54, 1.807) is 0 Å². The Hall–Kier alpha value is -0.820. The molecule has 0 spiro atoms. The molecule has 0 aliphatic carbocycles. The second-order valence-corrected chi connectivity index (χ2v) is 2.42. The van der Waals surface area contributed by atoms with Crippen molar-refractivity contribution < 1.29 is 5.11 Å². The molecule has 1 unspecified atom stereocenters. The summed E-state index contributed by atoms with van der Waals surface area (Å²) in [5.74, 6) is 0.245. The quantitative estimate of drug-likeness (QED) is 0.652. The van der Waals surface area contributed by atoms with Crippen molar-refractivity contribution in [3.63, 3.8) is 0 Å². The molecule has 0 aliphatic heterocycles. The Morgan fingerprint density at radius 2 is 2.10 bits per heavy atom. The minimum atomic E-state index is 0.212. The van der Waals surface area contributed by atoms with Crippen LogP contribution in [0.15, 0.2) is 24.3 Å². The number of aliphatic hydroxyl groups is 1. The van der Waals surface area contributed by atoms with E-state index in [4.69, 9.17) is 5.11 Å². The second kappa shape index (κ2) is 3.37. The zero-order chi connectivity index (χ0) is 7.40. The Morgan fingerprint density at radius 1 is 1.50 bits per heavy atom. The van der Waals surface area contributed by atoms with Gasteiger partial charge in [-0.3, -0.25) is 0 Å². The second-order valence-electron chi connectivity index (χ2n) is 2.42. The summed E-state index contributed by atoms with van der Waals surface area (Å²) in [4.78, 5) is 0. The maximum Gasteiger partial charge on any atom is 0.0497 e. The first-order valence-electron chi connectivity index (χ1n) is 3.41. The number of hydrogen-bond acceptors (Lipinski definition) is 1. The average Bonchev–Trinajstić information content (AvgIpc) is 2.05. The van der Waals surface area contributed by atoms with Crippen molar-refractivity contribution in [2.75, 3.05) is 6.61 Å². The number of rotatable bonds is 2. The third-order valence-corrected chi connectivity index (χ3v) is 1.59. The maximum absolute atomic E-state index is 8.78. The molecule has 1 atom stereocenters. The van der Waals surface area contributed by atoms with Crippen LogP contribution in [0.25, 0.3) is 0 Å². The molecule has 1 radical (unpaired) electrons. The molecule has 53 valence electrons. The molecule has 1 N–H and O–H groups in total. The summed E-state index contributed by atoms with van der Waals surface area (Å²) in [6.45, 7) is 2.21. The zero-order valence-corrected chi connectivity index (χ0v) is 6.04. The molecule has 0 aliphatic rings. The summed E-state index contributed by atoms with van der Waals surface area (Å²) in [7, 11) is 0. The number of hydrogen-bond donors (Lipinski definition) is 1. The fraction of sp³-hybridized carbons (Fsp3) is 0.333. The molecule has 0 aromatic heterocycles. The monoisotopic (exact) mass is 135 g/mol. The Morgan fingerprint density at radius 3 is 2.60 bits per heavy atom. The topological polar surface area (TPSA) is 20.2 Å². The van der Waals surface area contributed by atoms with Crippen LogP contribution >= 0.6 is 0 Å². The lowest BCUT2D eigenvalue weighted by Crippen LogP contribution is -1.97. The summed E-state index contributed by atoms with van der Waals surface area (Å²) >= 11 is 0. The van der Waals surface area contributed by atoms with Crippen molar-refractivity contribution >= 4 is 0 Å². The van der Waals surface area contributed by atoms with Gasteiger partial charge in [-0.15, -0.1) is 0 Å². The lowest BCUT2D eigenvalue weighted by atomic mass is 10.0. The molecule has 10 heavy (non-hydrogen) atoms. The third-order valence-electron chi connectivity index (χ3n) is 1.59. The van der Waals surface area contributed by atoms with E-state index in [-0.39, 0.29) is 12.5 Å². The summed E-state index contributed by atoms with van der Waals surface area (Å²) < 4.78 is 0. The summed E-state index contributed by atoms with van der Waals surface area (Å²) in [6, 6.07) is 10.6. The van der Waals surface area contributed by atoms with E-state index < -0.39 is 0 Å². The predicted octanol–water partition coefficient (Wildman–Crippen LogP) is 1.58. The van der Waals surface area contributed by atoms with Crippen LogP contribution in [0, 0.1) is 6.07 Å². The molecular formula is C9H11O. The van der Waals surface area contributed by atoms with Gasteiger partial charge in [-0.25, -0.2) is 0 Å². The SMILES string of the molecule is CC(CO)c1cc[c]cc1. The molecule has 0 amide bonds. The minimum absolute atomic E-state index is 0.212. The van der Waals surface area contributed by atoms with Gasteiger partial charge in [0.05, 0.1) is 0 Å². The van der Waals surface area contributed by atoms with Gasteiger partial charge in [0.2, 0.25) is 0 Å². The van der Waals surface area contributed by atoms with Crippen LogP contribution in [0.3, 0.4) is 0 Å². The van der Waals surface area contributed by atoms with E-state index in [0.717, 1.165) is 0 Å². The van der Waals surface area contributed by atoms with Gasteiger partial charge in [-0.2, -0.15) is 0 Å². The van der Waals surface area contributed by atoms with Crippen molar-refractivity contribution in [1.29, 1.82) is 0 Å². The Bertz CT molecular complexity index is 181. The van der Waals surface area contributed by atoms with Crippen LogP contribution in [0.2, 0.25) is 0 Å². The molecule has 0 heterocycles. The van der Waals surface area contributed by atoms with Gasteiger partial charge in [0.15, 0.2) is 0 Å². The van der Waals surface area contributed by atoms with Crippen molar-refractivity contribution in [2.45, 2.75) is 12.8 Å². The molecule has 1 aromatic carbocycles. The standard InChI is InChI=1S/C9H11O/c1-8(7-10)9-5-3-2-4-6-9/h3-6,8,10H,7H2,1H3. The van der Waals surface area contributed by atoms with Gasteiger partial charge in [0.25, 0.3) is 0 Å². The predicted molar refractivity (Wildman–Crippen MR) is 40.8 cm³/mol. The zero-order valence-electron chi connectivity index (χ0n) is 6.04. The smallest absolute Gasteiger partial charge is 0.0497 e. The highest BCUT2D eigenvalue weighted by molar-refractivity contribution is 5.17.